The van der Waals surface area contributed by atoms with E-state index >= 15 is 0 Å². The van der Waals surface area contributed by atoms with Gasteiger partial charge in [-0.3, -0.25) is 0 Å². The molecular formula is C18H28N2O3. The van der Waals surface area contributed by atoms with Crippen molar-refractivity contribution in [2.75, 3.05) is 32.1 Å². The molecule has 0 spiro atoms. The maximum absolute atomic E-state index is 12.2. The van der Waals surface area contributed by atoms with Crippen molar-refractivity contribution in [2.24, 2.45) is 0 Å². The number of carbonyl (C=O) groups excluding carboxylic acids is 1. The van der Waals surface area contributed by atoms with Gasteiger partial charge in [0.1, 0.15) is 17.5 Å². The van der Waals surface area contributed by atoms with E-state index in [2.05, 4.69) is 0 Å². The van der Waals surface area contributed by atoms with Crippen LogP contribution >= 0.6 is 0 Å². The normalized spacial score (nSPS) is 18.5. The molecule has 1 heterocycles. The van der Waals surface area contributed by atoms with Gasteiger partial charge in [0, 0.05) is 32.4 Å². The minimum atomic E-state index is -0.467. The summed E-state index contributed by atoms with van der Waals surface area (Å²) in [5.74, 6) is 0.840. The number of nitrogens with zero attached hydrogens (tertiary/aromatic N) is 2. The number of amides is 1. The first-order chi connectivity index (χ1) is 10.7. The molecule has 1 atom stereocenters. The molecule has 1 saturated heterocycles. The van der Waals surface area contributed by atoms with Crippen LogP contribution < -0.4 is 9.64 Å². The van der Waals surface area contributed by atoms with E-state index in [1.165, 1.54) is 0 Å². The second kappa shape index (κ2) is 7.11. The smallest absolute Gasteiger partial charge is 0.410 e. The second-order valence-corrected chi connectivity index (χ2v) is 7.20. The maximum atomic E-state index is 12.2. The number of rotatable bonds is 3. The Balaban J connectivity index is 1.96. The van der Waals surface area contributed by atoms with Gasteiger partial charge in [-0.25, -0.2) is 4.79 Å². The highest BCUT2D eigenvalue weighted by Gasteiger charge is 2.28. The average molecular weight is 320 g/mol. The summed E-state index contributed by atoms with van der Waals surface area (Å²) in [6.07, 6.45) is 1.63. The van der Waals surface area contributed by atoms with E-state index in [9.17, 15) is 4.79 Å². The number of ether oxygens (including phenoxy) is 2. The van der Waals surface area contributed by atoms with Gasteiger partial charge >= 0.3 is 6.09 Å². The molecule has 1 aromatic carbocycles. The molecule has 0 radical (unpaired) electrons. The Morgan fingerprint density at radius 1 is 1.30 bits per heavy atom. The lowest BCUT2D eigenvalue weighted by molar-refractivity contribution is 0.00776. The largest absolute Gasteiger partial charge is 0.489 e. The van der Waals surface area contributed by atoms with Gasteiger partial charge in [-0.15, -0.1) is 0 Å². The van der Waals surface area contributed by atoms with Crippen LogP contribution in [-0.4, -0.2) is 49.9 Å². The van der Waals surface area contributed by atoms with Crippen LogP contribution in [0.5, 0.6) is 5.75 Å². The third-order valence-corrected chi connectivity index (χ3v) is 3.67. The van der Waals surface area contributed by atoms with Gasteiger partial charge in [0.25, 0.3) is 0 Å². The Kier molecular flexibility index (Phi) is 5.39. The van der Waals surface area contributed by atoms with E-state index in [1.54, 1.807) is 4.90 Å². The number of hydrogen-bond acceptors (Lipinski definition) is 4. The van der Waals surface area contributed by atoms with Crippen LogP contribution in [0.2, 0.25) is 0 Å². The van der Waals surface area contributed by atoms with Gasteiger partial charge in [0.2, 0.25) is 0 Å². The second-order valence-electron chi connectivity index (χ2n) is 7.20. The molecule has 0 aromatic heterocycles. The number of carbonyl (C=O) groups is 1. The third kappa shape index (κ3) is 5.34. The van der Waals surface area contributed by atoms with Gasteiger partial charge in [-0.1, -0.05) is 6.07 Å². The predicted octanol–water partition coefficient (Wildman–Crippen LogP) is 3.53. The zero-order valence-electron chi connectivity index (χ0n) is 14.8. The number of benzene rings is 1. The fourth-order valence-corrected chi connectivity index (χ4v) is 2.55. The first-order valence-corrected chi connectivity index (χ1v) is 8.16. The highest BCUT2D eigenvalue weighted by Crippen LogP contribution is 2.23. The number of piperidine rings is 1. The first kappa shape index (κ1) is 17.4. The first-order valence-electron chi connectivity index (χ1n) is 8.16. The van der Waals surface area contributed by atoms with E-state index in [1.807, 2.05) is 64.0 Å². The Labute approximate surface area is 139 Å². The topological polar surface area (TPSA) is 42.0 Å². The van der Waals surface area contributed by atoms with Gasteiger partial charge < -0.3 is 19.3 Å². The van der Waals surface area contributed by atoms with Crippen molar-refractivity contribution in [3.05, 3.63) is 24.3 Å². The zero-order chi connectivity index (χ0) is 17.0. The summed E-state index contributed by atoms with van der Waals surface area (Å²) in [5.41, 5.74) is 0.632. The molecule has 0 saturated carbocycles. The molecule has 2 rings (SSSR count). The van der Waals surface area contributed by atoms with Crippen LogP contribution in [0.15, 0.2) is 24.3 Å². The van der Waals surface area contributed by atoms with Crippen molar-refractivity contribution in [1.29, 1.82) is 0 Å². The van der Waals surface area contributed by atoms with Crippen molar-refractivity contribution in [3.63, 3.8) is 0 Å². The van der Waals surface area contributed by atoms with Crippen LogP contribution in [0.3, 0.4) is 0 Å². The lowest BCUT2D eigenvalue weighted by Gasteiger charge is -2.34. The average Bonchev–Trinajstić information content (AvgIpc) is 2.46. The number of anilines is 1. The van der Waals surface area contributed by atoms with Crippen molar-refractivity contribution in [3.8, 4) is 5.75 Å². The molecule has 0 unspecified atom stereocenters. The lowest BCUT2D eigenvalue weighted by Crippen LogP contribution is -2.46. The van der Waals surface area contributed by atoms with E-state index < -0.39 is 5.60 Å². The fourth-order valence-electron chi connectivity index (χ4n) is 2.55. The summed E-state index contributed by atoms with van der Waals surface area (Å²) in [5, 5.41) is 0. The quantitative estimate of drug-likeness (QED) is 0.854. The highest BCUT2D eigenvalue weighted by atomic mass is 16.6. The molecule has 5 heteroatoms. The standard InChI is InChI=1S/C18H28N2O3/c1-18(2,3)23-17(21)20-11-7-10-16(13-20)22-15-9-6-8-14(12-15)19(4)5/h6,8-9,12,16H,7,10-11,13H2,1-5H3/t16-/m1/s1. The molecule has 128 valence electrons. The number of likely N-dealkylation sites (tertiary alicyclic amines) is 1. The van der Waals surface area contributed by atoms with Crippen molar-refractivity contribution < 1.29 is 14.3 Å². The summed E-state index contributed by atoms with van der Waals surface area (Å²) in [6, 6.07) is 8.01. The molecule has 0 aliphatic carbocycles. The molecule has 1 aliphatic rings. The van der Waals surface area contributed by atoms with Crippen LogP contribution in [0.1, 0.15) is 33.6 Å². The summed E-state index contributed by atoms with van der Waals surface area (Å²) >= 11 is 0. The van der Waals surface area contributed by atoms with E-state index in [-0.39, 0.29) is 12.2 Å². The van der Waals surface area contributed by atoms with Gasteiger partial charge in [-0.2, -0.15) is 0 Å². The third-order valence-electron chi connectivity index (χ3n) is 3.67. The molecule has 23 heavy (non-hydrogen) atoms. The molecule has 1 fully saturated rings. The molecule has 0 bridgehead atoms. The Bertz CT molecular complexity index is 537. The summed E-state index contributed by atoms with van der Waals surface area (Å²) in [4.78, 5) is 16.0. The summed E-state index contributed by atoms with van der Waals surface area (Å²) < 4.78 is 11.5. The summed E-state index contributed by atoms with van der Waals surface area (Å²) in [6.45, 7) is 6.95. The van der Waals surface area contributed by atoms with Crippen LogP contribution in [0, 0.1) is 0 Å². The summed E-state index contributed by atoms with van der Waals surface area (Å²) in [7, 11) is 4.01. The van der Waals surface area contributed by atoms with E-state index in [4.69, 9.17) is 9.47 Å². The Morgan fingerprint density at radius 2 is 2.04 bits per heavy atom. The molecule has 1 aliphatic heterocycles. The van der Waals surface area contributed by atoms with Crippen LogP contribution in [0.4, 0.5) is 10.5 Å². The zero-order valence-corrected chi connectivity index (χ0v) is 14.8. The van der Waals surface area contributed by atoms with Crippen molar-refractivity contribution >= 4 is 11.8 Å². The molecule has 1 aromatic rings. The van der Waals surface area contributed by atoms with Crippen molar-refractivity contribution in [1.82, 2.24) is 4.90 Å². The fraction of sp³-hybridized carbons (Fsp3) is 0.611. The van der Waals surface area contributed by atoms with E-state index in [0.29, 0.717) is 6.54 Å². The van der Waals surface area contributed by atoms with Crippen LogP contribution in [-0.2, 0) is 4.74 Å². The van der Waals surface area contributed by atoms with Crippen LogP contribution in [0.25, 0.3) is 0 Å². The monoisotopic (exact) mass is 320 g/mol. The van der Waals surface area contributed by atoms with Gasteiger partial charge in [0.15, 0.2) is 0 Å². The molecule has 0 N–H and O–H groups in total. The Hall–Kier alpha value is -1.91. The number of hydrogen-bond donors (Lipinski definition) is 0. The minimum Gasteiger partial charge on any atom is -0.489 e. The predicted molar refractivity (Wildman–Crippen MR) is 92.2 cm³/mol. The maximum Gasteiger partial charge on any atom is 0.410 e. The Morgan fingerprint density at radius 3 is 2.70 bits per heavy atom. The SMILES string of the molecule is CN(C)c1cccc(O[C@@H]2CCCN(C(=O)OC(C)(C)C)C2)c1. The lowest BCUT2D eigenvalue weighted by atomic mass is 10.1. The highest BCUT2D eigenvalue weighted by molar-refractivity contribution is 5.68. The van der Waals surface area contributed by atoms with E-state index in [0.717, 1.165) is 30.8 Å². The molecular weight excluding hydrogens is 292 g/mol. The minimum absolute atomic E-state index is 0.00804. The molecule has 5 nitrogen and oxygen atoms in total. The van der Waals surface area contributed by atoms with Crippen molar-refractivity contribution in [2.45, 2.75) is 45.3 Å². The van der Waals surface area contributed by atoms with Gasteiger partial charge in [-0.05, 0) is 45.7 Å². The molecule has 1 amide bonds. The van der Waals surface area contributed by atoms with Gasteiger partial charge in [0.05, 0.1) is 6.54 Å².